The summed E-state index contributed by atoms with van der Waals surface area (Å²) in [6.45, 7) is 1.51. The zero-order valence-corrected chi connectivity index (χ0v) is 25.4. The molecule has 2 aromatic carbocycles. The Hall–Kier alpha value is -5.18. The summed E-state index contributed by atoms with van der Waals surface area (Å²) >= 11 is 0. The highest BCUT2D eigenvalue weighted by Crippen LogP contribution is 2.48. The number of alkyl halides is 3. The van der Waals surface area contributed by atoms with Crippen LogP contribution in [-0.4, -0.2) is 63.1 Å². The van der Waals surface area contributed by atoms with E-state index in [1.807, 2.05) is 0 Å². The van der Waals surface area contributed by atoms with Crippen molar-refractivity contribution in [3.05, 3.63) is 65.3 Å². The van der Waals surface area contributed by atoms with Crippen LogP contribution in [0.3, 0.4) is 0 Å². The van der Waals surface area contributed by atoms with Crippen molar-refractivity contribution < 1.29 is 41.8 Å². The van der Waals surface area contributed by atoms with Gasteiger partial charge in [0.1, 0.15) is 40.2 Å². The molecule has 2 atom stereocenters. The van der Waals surface area contributed by atoms with E-state index in [4.69, 9.17) is 19.6 Å². The molecule has 4 heterocycles. The zero-order chi connectivity index (χ0) is 33.5. The third-order valence-electron chi connectivity index (χ3n) is 8.78. The minimum atomic E-state index is -5.33. The number of nitrogens with zero attached hydrogens (tertiary/aromatic N) is 4. The lowest BCUT2D eigenvalue weighted by Crippen LogP contribution is -2.51. The van der Waals surface area contributed by atoms with E-state index in [0.717, 1.165) is 18.9 Å². The number of benzene rings is 2. The number of aromatic nitrogens is 4. The number of nitrogens with one attached hydrogen (secondary N) is 1. The van der Waals surface area contributed by atoms with Gasteiger partial charge in [-0.05, 0) is 56.2 Å². The fourth-order valence-corrected chi connectivity index (χ4v) is 5.77. The highest BCUT2D eigenvalue weighted by Gasteiger charge is 2.57. The first-order valence-corrected chi connectivity index (χ1v) is 14.7. The van der Waals surface area contributed by atoms with Gasteiger partial charge in [-0.2, -0.15) is 18.3 Å². The van der Waals surface area contributed by atoms with Gasteiger partial charge in [0.2, 0.25) is 11.5 Å². The molecular weight excluding hydrogens is 621 g/mol. The van der Waals surface area contributed by atoms with E-state index in [2.05, 4.69) is 20.4 Å². The van der Waals surface area contributed by atoms with Crippen LogP contribution in [0.1, 0.15) is 53.3 Å². The Morgan fingerprint density at radius 2 is 1.96 bits per heavy atom. The molecule has 1 aliphatic heterocycles. The van der Waals surface area contributed by atoms with E-state index < -0.39 is 41.2 Å². The molecule has 12 nitrogen and oxygen atoms in total. The Balaban J connectivity index is 1.29. The number of oxazole rings is 1. The summed E-state index contributed by atoms with van der Waals surface area (Å²) in [4.78, 5) is 34.4. The van der Waals surface area contributed by atoms with E-state index in [-0.39, 0.29) is 41.0 Å². The number of rotatable bonds is 8. The molecule has 244 valence electrons. The molecule has 1 saturated carbocycles. The Morgan fingerprint density at radius 1 is 1.19 bits per heavy atom. The monoisotopic (exact) mass is 650 g/mol. The first-order chi connectivity index (χ1) is 22.2. The number of carbonyl (C=O) groups is 2. The number of halogens is 3. The van der Waals surface area contributed by atoms with Gasteiger partial charge in [-0.25, -0.2) is 9.97 Å². The number of pyridine rings is 1. The minimum Gasteiger partial charge on any atom is -0.494 e. The lowest BCUT2D eigenvalue weighted by atomic mass is 9.81. The molecule has 1 fully saturated rings. The Morgan fingerprint density at radius 3 is 2.64 bits per heavy atom. The van der Waals surface area contributed by atoms with E-state index >= 15 is 0 Å². The topological polar surface area (TPSA) is 168 Å². The molecule has 0 radical (unpaired) electrons. The van der Waals surface area contributed by atoms with E-state index in [0.29, 0.717) is 33.5 Å². The lowest BCUT2D eigenvalue weighted by molar-refractivity contribution is -0.265. The summed E-state index contributed by atoms with van der Waals surface area (Å²) in [6.07, 6.45) is -1.64. The van der Waals surface area contributed by atoms with Gasteiger partial charge in [-0.15, -0.1) is 0 Å². The van der Waals surface area contributed by atoms with Crippen molar-refractivity contribution in [2.45, 2.75) is 49.9 Å². The fourth-order valence-electron chi connectivity index (χ4n) is 5.77. The number of methoxy groups -OCH3 is 1. The largest absolute Gasteiger partial charge is 0.494 e. The SMILES string of the molecule is COc1cc(C(=O)NC[C@](O)(c2cc3c(c(-c4ccc5oc(C)nc5c4)n2)OC[C@]3(C)C(N)=O)C(F)(F)F)cc2cn(C3CC3)nc12. The van der Waals surface area contributed by atoms with E-state index in [9.17, 15) is 27.9 Å². The average Bonchev–Trinajstić information content (AvgIpc) is 3.53. The molecule has 15 heteroatoms. The number of fused-ring (bicyclic) bond motifs is 3. The van der Waals surface area contributed by atoms with Crippen LogP contribution in [0, 0.1) is 6.92 Å². The van der Waals surface area contributed by atoms with Crippen LogP contribution in [0.15, 0.2) is 47.0 Å². The van der Waals surface area contributed by atoms with Crippen molar-refractivity contribution in [2.24, 2.45) is 5.73 Å². The van der Waals surface area contributed by atoms with Gasteiger partial charge < -0.3 is 30.0 Å². The highest BCUT2D eigenvalue weighted by atomic mass is 19.4. The van der Waals surface area contributed by atoms with Crippen molar-refractivity contribution in [1.29, 1.82) is 0 Å². The summed E-state index contributed by atoms with van der Waals surface area (Å²) < 4.78 is 63.2. The number of hydrogen-bond donors (Lipinski definition) is 3. The molecule has 2 aliphatic rings. The molecule has 5 aromatic rings. The maximum atomic E-state index is 14.9. The Labute approximate surface area is 264 Å². The first-order valence-electron chi connectivity index (χ1n) is 14.7. The third kappa shape index (κ3) is 4.92. The minimum absolute atomic E-state index is 0.00253. The number of aryl methyl sites for hydroxylation is 1. The average molecular weight is 651 g/mol. The smallest absolute Gasteiger partial charge is 0.424 e. The van der Waals surface area contributed by atoms with Gasteiger partial charge in [0.05, 0.1) is 25.4 Å². The molecule has 0 unspecified atom stereocenters. The van der Waals surface area contributed by atoms with Gasteiger partial charge in [0.25, 0.3) is 5.91 Å². The van der Waals surface area contributed by atoms with Crippen molar-refractivity contribution >= 4 is 33.8 Å². The summed E-state index contributed by atoms with van der Waals surface area (Å²) in [6, 6.07) is 8.74. The number of carbonyl (C=O) groups excluding carboxylic acids is 2. The lowest BCUT2D eigenvalue weighted by Gasteiger charge is -2.31. The molecule has 47 heavy (non-hydrogen) atoms. The molecule has 1 aliphatic carbocycles. The van der Waals surface area contributed by atoms with Crippen LogP contribution < -0.4 is 20.5 Å². The zero-order valence-electron chi connectivity index (χ0n) is 25.4. The Kier molecular flexibility index (Phi) is 6.75. The molecule has 0 saturated heterocycles. The predicted octanol–water partition coefficient (Wildman–Crippen LogP) is 4.21. The predicted molar refractivity (Wildman–Crippen MR) is 161 cm³/mol. The number of amides is 2. The van der Waals surface area contributed by atoms with Gasteiger partial charge in [-0.1, -0.05) is 0 Å². The van der Waals surface area contributed by atoms with Crippen molar-refractivity contribution in [3.8, 4) is 22.8 Å². The Bertz CT molecular complexity index is 2100. The summed E-state index contributed by atoms with van der Waals surface area (Å²) in [7, 11) is 1.40. The maximum Gasteiger partial charge on any atom is 0.424 e. The fraction of sp³-hybridized carbons (Fsp3) is 0.344. The normalized spacial score (nSPS) is 19.0. The molecule has 0 bridgehead atoms. The van der Waals surface area contributed by atoms with Crippen LogP contribution in [0.25, 0.3) is 33.3 Å². The quantitative estimate of drug-likeness (QED) is 0.223. The molecule has 3 aromatic heterocycles. The standard InChI is InChI=1S/C32H29F3N6O6/c1-15-38-21-9-16(4-7-22(21)47-15)26-27-20(30(2,14-46-27)29(36)43)11-24(39-26)31(44,32(33,34)35)13-37-28(42)17-8-18-12-41(19-5-6-19)40-25(18)23(10-17)45-3/h4,7-12,19,44H,5-6,13-14H2,1-3H3,(H2,36,43)(H,37,42)/t30-,31-/m0/s1. The third-order valence-corrected chi connectivity index (χ3v) is 8.78. The van der Waals surface area contributed by atoms with E-state index in [1.54, 1.807) is 36.0 Å². The second-order valence-electron chi connectivity index (χ2n) is 12.1. The molecule has 7 rings (SSSR count). The van der Waals surface area contributed by atoms with Crippen molar-refractivity contribution in [2.75, 3.05) is 20.3 Å². The van der Waals surface area contributed by atoms with E-state index in [1.165, 1.54) is 26.2 Å². The van der Waals surface area contributed by atoms with Gasteiger partial charge in [-0.3, -0.25) is 14.3 Å². The van der Waals surface area contributed by atoms with Crippen LogP contribution in [0.4, 0.5) is 13.2 Å². The second kappa shape index (κ2) is 10.4. The van der Waals surface area contributed by atoms with Crippen LogP contribution in [-0.2, 0) is 15.8 Å². The van der Waals surface area contributed by atoms with Gasteiger partial charge in [0.15, 0.2) is 11.5 Å². The van der Waals surface area contributed by atoms with Crippen LogP contribution >= 0.6 is 0 Å². The first kappa shape index (κ1) is 30.5. The van der Waals surface area contributed by atoms with Crippen molar-refractivity contribution in [3.63, 3.8) is 0 Å². The molecule has 4 N–H and O–H groups in total. The number of hydrogen-bond acceptors (Lipinski definition) is 9. The highest BCUT2D eigenvalue weighted by molar-refractivity contribution is 6.00. The second-order valence-corrected chi connectivity index (χ2v) is 12.1. The molecular formula is C32H29F3N6O6. The van der Waals surface area contributed by atoms with Gasteiger partial charge in [0, 0.05) is 35.2 Å². The van der Waals surface area contributed by atoms with Crippen molar-refractivity contribution in [1.82, 2.24) is 25.1 Å². The number of ether oxygens (including phenoxy) is 2. The number of primary amides is 1. The summed E-state index contributed by atoms with van der Waals surface area (Å²) in [5, 5.41) is 18.7. The van der Waals surface area contributed by atoms with Gasteiger partial charge >= 0.3 is 6.18 Å². The summed E-state index contributed by atoms with van der Waals surface area (Å²) in [5.41, 5.74) is 1.15. The number of aliphatic hydroxyl groups is 1. The summed E-state index contributed by atoms with van der Waals surface area (Å²) in [5.74, 6) is -1.06. The number of nitrogens with two attached hydrogens (primary N) is 1. The van der Waals surface area contributed by atoms with Crippen LogP contribution in [0.2, 0.25) is 0 Å². The molecule has 2 amide bonds. The molecule has 0 spiro atoms. The maximum absolute atomic E-state index is 14.9. The van der Waals surface area contributed by atoms with Crippen LogP contribution in [0.5, 0.6) is 11.5 Å².